The Hall–Kier alpha value is -3.50. The molecule has 34 heavy (non-hydrogen) atoms. The molecule has 2 aliphatic heterocycles. The van der Waals surface area contributed by atoms with Crippen molar-refractivity contribution in [2.24, 2.45) is 5.92 Å². The average molecular weight is 451 g/mol. The maximum atomic E-state index is 14.5. The molecule has 0 aliphatic carbocycles. The van der Waals surface area contributed by atoms with Crippen molar-refractivity contribution in [1.82, 2.24) is 4.90 Å². The fraction of sp³-hybridized carbons (Fsp3) is 0.267. The number of nitrogens with zero attached hydrogens (tertiary/aromatic N) is 2. The van der Waals surface area contributed by atoms with E-state index in [4.69, 9.17) is 0 Å². The Morgan fingerprint density at radius 2 is 1.56 bits per heavy atom. The van der Waals surface area contributed by atoms with Crippen LogP contribution in [0.15, 0.2) is 96.6 Å². The number of carbonyl (C=O) groups is 2. The SMILES string of the molecule is CC(C)=CC(=O)[C@@H]1[C@@H](c2ccccc2)CN(C)[C@@]12C(=O)N(Cc1ccccc1)c1ccccc12. The van der Waals surface area contributed by atoms with E-state index in [1.54, 1.807) is 6.08 Å². The number of hydrogen-bond acceptors (Lipinski definition) is 3. The molecule has 1 saturated heterocycles. The summed E-state index contributed by atoms with van der Waals surface area (Å²) in [5, 5.41) is 0. The van der Waals surface area contributed by atoms with E-state index in [0.717, 1.165) is 28.0 Å². The molecule has 1 fully saturated rings. The topological polar surface area (TPSA) is 40.6 Å². The number of rotatable bonds is 5. The number of hydrogen-bond donors (Lipinski definition) is 0. The molecular weight excluding hydrogens is 420 g/mol. The van der Waals surface area contributed by atoms with E-state index in [2.05, 4.69) is 17.0 Å². The van der Waals surface area contributed by atoms with Crippen molar-refractivity contribution < 1.29 is 9.59 Å². The van der Waals surface area contributed by atoms with Crippen LogP contribution in [0, 0.1) is 5.92 Å². The van der Waals surface area contributed by atoms with E-state index in [0.29, 0.717) is 13.1 Å². The molecule has 0 N–H and O–H groups in total. The van der Waals surface area contributed by atoms with Crippen LogP contribution >= 0.6 is 0 Å². The van der Waals surface area contributed by atoms with Crippen LogP contribution in [0.25, 0.3) is 0 Å². The Balaban J connectivity index is 1.69. The second-order valence-corrected chi connectivity index (χ2v) is 9.66. The standard InChI is InChI=1S/C30H30N2O2/c1-21(2)18-27(33)28-24(23-14-8-5-9-15-23)20-31(3)30(28)25-16-10-11-17-26(25)32(29(30)34)19-22-12-6-4-7-13-22/h4-18,24,28H,19-20H2,1-3H3/t24-,28+,30-/m1/s1. The van der Waals surface area contributed by atoms with Gasteiger partial charge in [-0.2, -0.15) is 0 Å². The fourth-order valence-electron chi connectivity index (χ4n) is 5.90. The van der Waals surface area contributed by atoms with Gasteiger partial charge in [-0.25, -0.2) is 0 Å². The number of anilines is 1. The second kappa shape index (κ2) is 8.69. The number of ketones is 1. The highest BCUT2D eigenvalue weighted by Gasteiger charge is 2.65. The fourth-order valence-corrected chi connectivity index (χ4v) is 5.90. The summed E-state index contributed by atoms with van der Waals surface area (Å²) in [5.41, 5.74) is 3.90. The summed E-state index contributed by atoms with van der Waals surface area (Å²) >= 11 is 0. The van der Waals surface area contributed by atoms with Crippen LogP contribution in [0.1, 0.15) is 36.5 Å². The smallest absolute Gasteiger partial charge is 0.253 e. The number of allylic oxidation sites excluding steroid dienone is 2. The predicted octanol–water partition coefficient (Wildman–Crippen LogP) is 5.31. The Labute approximate surface area is 201 Å². The minimum atomic E-state index is -1.03. The van der Waals surface area contributed by atoms with E-state index >= 15 is 0 Å². The van der Waals surface area contributed by atoms with E-state index < -0.39 is 11.5 Å². The highest BCUT2D eigenvalue weighted by molar-refractivity contribution is 6.12. The van der Waals surface area contributed by atoms with Gasteiger partial charge in [-0.15, -0.1) is 0 Å². The minimum absolute atomic E-state index is 0.0148. The molecule has 0 unspecified atom stereocenters. The Morgan fingerprint density at radius 3 is 2.24 bits per heavy atom. The summed E-state index contributed by atoms with van der Waals surface area (Å²) in [6.45, 7) is 4.99. The van der Waals surface area contributed by atoms with Crippen molar-refractivity contribution in [3.63, 3.8) is 0 Å². The highest BCUT2D eigenvalue weighted by Crippen LogP contribution is 2.57. The van der Waals surface area contributed by atoms with Crippen LogP contribution < -0.4 is 4.90 Å². The van der Waals surface area contributed by atoms with Crippen LogP contribution in [0.5, 0.6) is 0 Å². The minimum Gasteiger partial charge on any atom is -0.306 e. The number of carbonyl (C=O) groups excluding carboxylic acids is 2. The van der Waals surface area contributed by atoms with Gasteiger partial charge < -0.3 is 4.90 Å². The van der Waals surface area contributed by atoms with Gasteiger partial charge in [0.05, 0.1) is 12.5 Å². The van der Waals surface area contributed by atoms with Crippen LogP contribution in [0.2, 0.25) is 0 Å². The van der Waals surface area contributed by atoms with Crippen molar-refractivity contribution in [2.45, 2.75) is 31.8 Å². The first-order valence-corrected chi connectivity index (χ1v) is 11.8. The normalized spacial score (nSPS) is 23.9. The lowest BCUT2D eigenvalue weighted by molar-refractivity contribution is -0.135. The molecule has 1 spiro atoms. The Kier molecular flexibility index (Phi) is 5.70. The van der Waals surface area contributed by atoms with E-state index in [9.17, 15) is 9.59 Å². The summed E-state index contributed by atoms with van der Waals surface area (Å²) in [6.07, 6.45) is 1.72. The molecule has 4 nitrogen and oxygen atoms in total. The molecule has 3 aromatic carbocycles. The van der Waals surface area contributed by atoms with Gasteiger partial charge in [-0.05, 0) is 44.2 Å². The molecule has 5 rings (SSSR count). The number of amides is 1. The first-order valence-electron chi connectivity index (χ1n) is 11.8. The van der Waals surface area contributed by atoms with Gasteiger partial charge in [-0.3, -0.25) is 14.5 Å². The molecule has 4 heteroatoms. The maximum absolute atomic E-state index is 14.5. The number of para-hydroxylation sites is 1. The molecule has 0 saturated carbocycles. The van der Waals surface area contributed by atoms with Crippen molar-refractivity contribution in [3.05, 3.63) is 113 Å². The highest BCUT2D eigenvalue weighted by atomic mass is 16.2. The van der Waals surface area contributed by atoms with E-state index in [1.165, 1.54) is 0 Å². The Morgan fingerprint density at radius 1 is 0.941 bits per heavy atom. The van der Waals surface area contributed by atoms with Crippen molar-refractivity contribution >= 4 is 17.4 Å². The molecule has 0 bridgehead atoms. The molecule has 0 radical (unpaired) electrons. The lowest BCUT2D eigenvalue weighted by atomic mass is 9.71. The zero-order valence-corrected chi connectivity index (χ0v) is 19.9. The Bertz CT molecular complexity index is 1250. The van der Waals surface area contributed by atoms with Crippen LogP contribution in [0.3, 0.4) is 0 Å². The van der Waals surface area contributed by atoms with E-state index in [-0.39, 0.29) is 17.6 Å². The molecule has 3 atom stereocenters. The summed E-state index contributed by atoms with van der Waals surface area (Å²) in [5.74, 6) is -0.589. The molecule has 2 heterocycles. The third kappa shape index (κ3) is 3.41. The molecule has 0 aromatic heterocycles. The quantitative estimate of drug-likeness (QED) is 0.495. The number of fused-ring (bicyclic) bond motifs is 2. The molecule has 172 valence electrons. The van der Waals surface area contributed by atoms with Gasteiger partial charge in [0.2, 0.25) is 0 Å². The molecule has 2 aliphatic rings. The summed E-state index contributed by atoms with van der Waals surface area (Å²) in [7, 11) is 1.99. The van der Waals surface area contributed by atoms with Gasteiger partial charge >= 0.3 is 0 Å². The average Bonchev–Trinajstić information content (AvgIpc) is 3.28. The third-order valence-electron chi connectivity index (χ3n) is 7.25. The van der Waals surface area contributed by atoms with Gasteiger partial charge in [0.15, 0.2) is 5.78 Å². The first-order chi connectivity index (χ1) is 16.4. The lowest BCUT2D eigenvalue weighted by Crippen LogP contribution is -2.53. The summed E-state index contributed by atoms with van der Waals surface area (Å²) in [6, 6.07) is 28.2. The van der Waals surface area contributed by atoms with Crippen molar-refractivity contribution in [2.75, 3.05) is 18.5 Å². The molecule has 1 amide bonds. The summed E-state index contributed by atoms with van der Waals surface area (Å²) in [4.78, 5) is 32.4. The zero-order chi connectivity index (χ0) is 23.9. The maximum Gasteiger partial charge on any atom is 0.253 e. The van der Waals surface area contributed by atoms with Crippen molar-refractivity contribution in [3.8, 4) is 0 Å². The monoisotopic (exact) mass is 450 g/mol. The van der Waals surface area contributed by atoms with E-state index in [1.807, 2.05) is 98.6 Å². The number of likely N-dealkylation sites (N-methyl/N-ethyl adjacent to an activating group) is 1. The number of likely N-dealkylation sites (tertiary alicyclic amines) is 1. The predicted molar refractivity (Wildman–Crippen MR) is 135 cm³/mol. The first kappa shape index (κ1) is 22.3. The molecular formula is C30H30N2O2. The lowest BCUT2D eigenvalue weighted by Gasteiger charge is -2.36. The van der Waals surface area contributed by atoms with Crippen LogP contribution in [-0.2, 0) is 21.7 Å². The van der Waals surface area contributed by atoms with Gasteiger partial charge in [0.1, 0.15) is 5.54 Å². The van der Waals surface area contributed by atoms with Gasteiger partial charge in [-0.1, -0.05) is 84.4 Å². The molecule has 3 aromatic rings. The largest absolute Gasteiger partial charge is 0.306 e. The summed E-state index contributed by atoms with van der Waals surface area (Å²) < 4.78 is 0. The van der Waals surface area contributed by atoms with Crippen LogP contribution in [-0.4, -0.2) is 30.2 Å². The third-order valence-corrected chi connectivity index (χ3v) is 7.25. The van der Waals surface area contributed by atoms with Crippen molar-refractivity contribution in [1.29, 1.82) is 0 Å². The van der Waals surface area contributed by atoms with Gasteiger partial charge in [0, 0.05) is 23.7 Å². The number of benzene rings is 3. The van der Waals surface area contributed by atoms with Gasteiger partial charge in [0.25, 0.3) is 5.91 Å². The zero-order valence-electron chi connectivity index (χ0n) is 19.9. The van der Waals surface area contributed by atoms with Crippen LogP contribution in [0.4, 0.5) is 5.69 Å². The second-order valence-electron chi connectivity index (χ2n) is 9.66.